The van der Waals surface area contributed by atoms with Gasteiger partial charge in [-0.2, -0.15) is 8.42 Å². The average molecular weight is 365 g/mol. The molecule has 0 fully saturated rings. The third-order valence-electron chi connectivity index (χ3n) is 4.36. The van der Waals surface area contributed by atoms with Crippen molar-refractivity contribution in [3.63, 3.8) is 0 Å². The molecule has 0 atom stereocenters. The van der Waals surface area contributed by atoms with Crippen molar-refractivity contribution < 1.29 is 12.7 Å². The third kappa shape index (κ3) is 2.46. The summed E-state index contributed by atoms with van der Waals surface area (Å²) in [4.78, 5) is 12.8. The highest BCUT2D eigenvalue weighted by atomic mass is 32.2. The van der Waals surface area contributed by atoms with Crippen LogP contribution in [-0.4, -0.2) is 13.1 Å². The van der Waals surface area contributed by atoms with Gasteiger partial charge in [0.25, 0.3) is 5.56 Å². The number of hydrogen-bond donors (Lipinski definition) is 0. The van der Waals surface area contributed by atoms with Gasteiger partial charge in [-0.1, -0.05) is 54.6 Å². The van der Waals surface area contributed by atoms with Crippen LogP contribution < -0.4 is 15.2 Å². The number of benzene rings is 3. The molecule has 0 radical (unpaired) electrons. The van der Waals surface area contributed by atoms with Gasteiger partial charge >= 0.3 is 10.1 Å². The number of nitrogens with zero attached hydrogens (tertiary/aromatic N) is 1. The van der Waals surface area contributed by atoms with Gasteiger partial charge in [0.05, 0.1) is 10.7 Å². The Hall–Kier alpha value is -3.12. The Labute approximate surface area is 149 Å². The molecule has 5 nitrogen and oxygen atoms in total. The fraction of sp³-hybridized carbons (Fsp3) is 0.0500. The van der Waals surface area contributed by atoms with Crippen molar-refractivity contribution in [3.8, 4) is 0 Å². The number of hydrogen-bond acceptors (Lipinski definition) is 4. The molecule has 0 aliphatic rings. The molecule has 1 heterocycles. The molecule has 0 bridgehead atoms. The minimum atomic E-state index is -4.17. The summed E-state index contributed by atoms with van der Waals surface area (Å²) >= 11 is 0. The molecule has 6 heteroatoms. The molecule has 0 aliphatic heterocycles. The molecule has 26 heavy (non-hydrogen) atoms. The van der Waals surface area contributed by atoms with Crippen LogP contribution in [0.2, 0.25) is 0 Å². The first-order valence-electron chi connectivity index (χ1n) is 7.95. The molecule has 3 aromatic carbocycles. The Morgan fingerprint density at radius 2 is 1.54 bits per heavy atom. The predicted molar refractivity (Wildman–Crippen MR) is 101 cm³/mol. The Morgan fingerprint density at radius 3 is 2.19 bits per heavy atom. The van der Waals surface area contributed by atoms with E-state index in [0.29, 0.717) is 10.8 Å². The van der Waals surface area contributed by atoms with Crippen LogP contribution in [0.5, 0.6) is 0 Å². The van der Waals surface area contributed by atoms with Crippen LogP contribution in [0.1, 0.15) is 5.56 Å². The van der Waals surface area contributed by atoms with Crippen molar-refractivity contribution in [3.05, 3.63) is 81.9 Å². The largest absolute Gasteiger partial charge is 0.357 e. The monoisotopic (exact) mass is 365 g/mol. The summed E-state index contributed by atoms with van der Waals surface area (Å²) in [5, 5.41) is 2.87. The van der Waals surface area contributed by atoms with Gasteiger partial charge in [-0.15, -0.1) is 4.73 Å². The van der Waals surface area contributed by atoms with Gasteiger partial charge in [0.1, 0.15) is 4.90 Å². The van der Waals surface area contributed by atoms with E-state index < -0.39 is 15.7 Å². The maximum Gasteiger partial charge on any atom is 0.357 e. The highest BCUT2D eigenvalue weighted by Crippen LogP contribution is 2.21. The molecule has 4 aromatic rings. The summed E-state index contributed by atoms with van der Waals surface area (Å²) in [5.74, 6) is 0. The summed E-state index contributed by atoms with van der Waals surface area (Å²) < 4.78 is 31.1. The quantitative estimate of drug-likeness (QED) is 0.559. The second kappa shape index (κ2) is 5.71. The normalized spacial score (nSPS) is 11.9. The van der Waals surface area contributed by atoms with Gasteiger partial charge in [0.2, 0.25) is 0 Å². The standard InChI is InChI=1S/C20H15NO4S/c1-13-9-11-16(12-10-13)26(23,24)25-21-14(2)17-7-3-5-15-6-4-8-18(19(15)17)20(21)22/h3-12H,2H2,1H3. The summed E-state index contributed by atoms with van der Waals surface area (Å²) in [7, 11) is -4.17. The van der Waals surface area contributed by atoms with E-state index >= 15 is 0 Å². The summed E-state index contributed by atoms with van der Waals surface area (Å²) in [6.45, 7) is 5.73. The van der Waals surface area contributed by atoms with Crippen LogP contribution in [0.15, 0.2) is 70.4 Å². The second-order valence-electron chi connectivity index (χ2n) is 6.10. The van der Waals surface area contributed by atoms with E-state index in [1.807, 2.05) is 25.1 Å². The van der Waals surface area contributed by atoms with E-state index in [1.165, 1.54) is 12.1 Å². The van der Waals surface area contributed by atoms with Gasteiger partial charge in [0.15, 0.2) is 0 Å². The summed E-state index contributed by atoms with van der Waals surface area (Å²) in [5.41, 5.74) is 0.359. The molecule has 0 unspecified atom stereocenters. The first-order valence-corrected chi connectivity index (χ1v) is 9.36. The van der Waals surface area contributed by atoms with Crippen molar-refractivity contribution in [2.75, 3.05) is 0 Å². The molecule has 0 spiro atoms. The van der Waals surface area contributed by atoms with Crippen molar-refractivity contribution in [2.24, 2.45) is 0 Å². The molecule has 0 amide bonds. The number of aromatic nitrogens is 1. The maximum atomic E-state index is 12.9. The van der Waals surface area contributed by atoms with Crippen LogP contribution in [-0.2, 0) is 10.1 Å². The topological polar surface area (TPSA) is 65.4 Å². The minimum Gasteiger partial charge on any atom is -0.280 e. The van der Waals surface area contributed by atoms with Crippen LogP contribution in [0.4, 0.5) is 0 Å². The van der Waals surface area contributed by atoms with Crippen molar-refractivity contribution in [2.45, 2.75) is 11.8 Å². The van der Waals surface area contributed by atoms with Gasteiger partial charge in [-0.25, -0.2) is 0 Å². The lowest BCUT2D eigenvalue weighted by Crippen LogP contribution is -2.40. The van der Waals surface area contributed by atoms with Gasteiger partial charge in [0, 0.05) is 10.8 Å². The fourth-order valence-corrected chi connectivity index (χ4v) is 3.94. The minimum absolute atomic E-state index is 0.0271. The molecule has 0 saturated heterocycles. The van der Waals surface area contributed by atoms with Crippen LogP contribution in [0.25, 0.3) is 28.1 Å². The molecule has 1 aromatic heterocycles. The molecule has 4 rings (SSSR count). The third-order valence-corrected chi connectivity index (χ3v) is 5.55. The average Bonchev–Trinajstić information content (AvgIpc) is 2.63. The zero-order valence-electron chi connectivity index (χ0n) is 14.0. The van der Waals surface area contributed by atoms with Crippen LogP contribution in [0.3, 0.4) is 0 Å². The molecular weight excluding hydrogens is 350 g/mol. The molecule has 130 valence electrons. The van der Waals surface area contributed by atoms with E-state index in [9.17, 15) is 13.2 Å². The van der Waals surface area contributed by atoms with E-state index in [4.69, 9.17) is 4.28 Å². The molecule has 0 saturated carbocycles. The first kappa shape index (κ1) is 16.4. The Kier molecular flexibility index (Phi) is 3.59. The van der Waals surface area contributed by atoms with E-state index in [0.717, 1.165) is 21.1 Å². The SMILES string of the molecule is C=c1c2cccc3cccc(c(=O)n1OS(=O)(=O)c1ccc(C)cc1)c32. The zero-order valence-corrected chi connectivity index (χ0v) is 14.8. The molecular formula is C20H15NO4S. The van der Waals surface area contributed by atoms with Crippen molar-refractivity contribution in [1.82, 2.24) is 4.73 Å². The lowest BCUT2D eigenvalue weighted by atomic mass is 10.0. The highest BCUT2D eigenvalue weighted by Gasteiger charge is 2.20. The summed E-state index contributed by atoms with van der Waals surface area (Å²) in [6, 6.07) is 17.0. The first-order chi connectivity index (χ1) is 12.4. The lowest BCUT2D eigenvalue weighted by Gasteiger charge is -2.13. The highest BCUT2D eigenvalue weighted by molar-refractivity contribution is 7.87. The lowest BCUT2D eigenvalue weighted by molar-refractivity contribution is 0.262. The predicted octanol–water partition coefficient (Wildman–Crippen LogP) is 2.41. The van der Waals surface area contributed by atoms with Crippen LogP contribution in [0, 0.1) is 6.92 Å². The smallest absolute Gasteiger partial charge is 0.280 e. The molecule has 0 aliphatic carbocycles. The van der Waals surface area contributed by atoms with Crippen molar-refractivity contribution >= 4 is 38.2 Å². The van der Waals surface area contributed by atoms with Crippen molar-refractivity contribution in [1.29, 1.82) is 0 Å². The Balaban J connectivity index is 1.97. The van der Waals surface area contributed by atoms with Gasteiger partial charge < -0.3 is 0 Å². The summed E-state index contributed by atoms with van der Waals surface area (Å²) in [6.07, 6.45) is 0. The molecule has 0 N–H and O–H groups in total. The number of pyridine rings is 1. The Morgan fingerprint density at radius 1 is 0.923 bits per heavy atom. The van der Waals surface area contributed by atoms with E-state index in [2.05, 4.69) is 6.58 Å². The van der Waals surface area contributed by atoms with Crippen LogP contribution >= 0.6 is 0 Å². The number of rotatable bonds is 3. The van der Waals surface area contributed by atoms with E-state index in [-0.39, 0.29) is 10.2 Å². The van der Waals surface area contributed by atoms with Gasteiger partial charge in [-0.3, -0.25) is 9.08 Å². The van der Waals surface area contributed by atoms with E-state index in [1.54, 1.807) is 30.3 Å². The second-order valence-corrected chi connectivity index (χ2v) is 7.63. The maximum absolute atomic E-state index is 12.9. The fourth-order valence-electron chi connectivity index (χ4n) is 3.03. The number of aryl methyl sites for hydroxylation is 1. The zero-order chi connectivity index (χ0) is 18.5. The Bertz CT molecular complexity index is 1290. The van der Waals surface area contributed by atoms with Gasteiger partial charge in [-0.05, 0) is 30.5 Å².